The Morgan fingerprint density at radius 1 is 1.67 bits per heavy atom. The number of nitrogens with one attached hydrogen (secondary N) is 1. The van der Waals surface area contributed by atoms with Crippen LogP contribution in [0.5, 0.6) is 5.75 Å². The summed E-state index contributed by atoms with van der Waals surface area (Å²) in [5.41, 5.74) is 0. The molecule has 1 N–H and O–H groups in total. The van der Waals surface area contributed by atoms with E-state index in [1.165, 1.54) is 4.88 Å². The van der Waals surface area contributed by atoms with Gasteiger partial charge in [0, 0.05) is 16.3 Å². The van der Waals surface area contributed by atoms with Crippen LogP contribution in [0, 0.1) is 0 Å². The van der Waals surface area contributed by atoms with E-state index in [4.69, 9.17) is 4.74 Å². The Morgan fingerprint density at radius 2 is 2.42 bits per heavy atom. The fourth-order valence-electron chi connectivity index (χ4n) is 1.17. The molecule has 1 unspecified atom stereocenters. The van der Waals surface area contributed by atoms with Gasteiger partial charge in [-0.05, 0) is 19.5 Å². The van der Waals surface area contributed by atoms with Crippen LogP contribution in [0.25, 0.3) is 0 Å². The first-order chi connectivity index (χ1) is 5.81. The molecule has 1 aromatic rings. The van der Waals surface area contributed by atoms with Crippen molar-refractivity contribution in [1.29, 1.82) is 0 Å². The second kappa shape index (κ2) is 4.48. The smallest absolute Gasteiger partial charge is 0.129 e. The van der Waals surface area contributed by atoms with Gasteiger partial charge in [-0.1, -0.05) is 6.92 Å². The molecule has 0 amide bonds. The molecule has 1 aromatic heterocycles. The quantitative estimate of drug-likeness (QED) is 0.778. The van der Waals surface area contributed by atoms with Crippen LogP contribution in [0.4, 0.5) is 0 Å². The van der Waals surface area contributed by atoms with E-state index in [1.54, 1.807) is 18.4 Å². The fraction of sp³-hybridized carbons (Fsp3) is 0.556. The normalized spacial score (nSPS) is 12.9. The van der Waals surface area contributed by atoms with Gasteiger partial charge in [-0.15, -0.1) is 11.3 Å². The third kappa shape index (κ3) is 1.99. The Balaban J connectivity index is 2.72. The summed E-state index contributed by atoms with van der Waals surface area (Å²) < 4.78 is 5.12. The molecule has 68 valence electrons. The van der Waals surface area contributed by atoms with Crippen LogP contribution in [0.1, 0.15) is 24.3 Å². The molecule has 1 rings (SSSR count). The Hall–Kier alpha value is -0.540. The van der Waals surface area contributed by atoms with Gasteiger partial charge in [-0.25, -0.2) is 0 Å². The molecule has 2 nitrogen and oxygen atoms in total. The lowest BCUT2D eigenvalue weighted by molar-refractivity contribution is 0.416. The lowest BCUT2D eigenvalue weighted by atomic mass is 10.2. The van der Waals surface area contributed by atoms with E-state index < -0.39 is 0 Å². The van der Waals surface area contributed by atoms with Crippen LogP contribution >= 0.6 is 11.3 Å². The van der Waals surface area contributed by atoms with Crippen molar-refractivity contribution in [3.05, 3.63) is 16.3 Å². The van der Waals surface area contributed by atoms with E-state index >= 15 is 0 Å². The van der Waals surface area contributed by atoms with Crippen molar-refractivity contribution in [2.24, 2.45) is 0 Å². The van der Waals surface area contributed by atoms with Crippen molar-refractivity contribution in [3.63, 3.8) is 0 Å². The van der Waals surface area contributed by atoms with Crippen molar-refractivity contribution < 1.29 is 4.74 Å². The summed E-state index contributed by atoms with van der Waals surface area (Å²) in [7, 11) is 3.69. The van der Waals surface area contributed by atoms with Crippen molar-refractivity contribution in [2.75, 3.05) is 14.2 Å². The summed E-state index contributed by atoms with van der Waals surface area (Å²) >= 11 is 1.74. The van der Waals surface area contributed by atoms with Gasteiger partial charge >= 0.3 is 0 Å². The van der Waals surface area contributed by atoms with Crippen molar-refractivity contribution >= 4 is 11.3 Å². The number of methoxy groups -OCH3 is 1. The highest BCUT2D eigenvalue weighted by molar-refractivity contribution is 7.10. The summed E-state index contributed by atoms with van der Waals surface area (Å²) in [6.45, 7) is 2.17. The van der Waals surface area contributed by atoms with E-state index in [0.29, 0.717) is 6.04 Å². The topological polar surface area (TPSA) is 21.3 Å². The standard InChI is InChI=1S/C9H15NOS/c1-4-8(10-2)9-5-7(11-3)6-12-9/h5-6,8,10H,4H2,1-3H3. The van der Waals surface area contributed by atoms with E-state index in [-0.39, 0.29) is 0 Å². The first-order valence-electron chi connectivity index (χ1n) is 4.11. The zero-order chi connectivity index (χ0) is 8.97. The van der Waals surface area contributed by atoms with Gasteiger partial charge in [0.05, 0.1) is 7.11 Å². The molecule has 3 heteroatoms. The molecule has 0 bridgehead atoms. The van der Waals surface area contributed by atoms with Gasteiger partial charge in [0.15, 0.2) is 0 Å². The monoisotopic (exact) mass is 185 g/mol. The van der Waals surface area contributed by atoms with Crippen LogP contribution in [-0.2, 0) is 0 Å². The van der Waals surface area contributed by atoms with Crippen molar-refractivity contribution in [1.82, 2.24) is 5.32 Å². The van der Waals surface area contributed by atoms with E-state index in [1.807, 2.05) is 12.4 Å². The van der Waals surface area contributed by atoms with Gasteiger partial charge < -0.3 is 10.1 Å². The first-order valence-corrected chi connectivity index (χ1v) is 4.99. The molecule has 0 aliphatic heterocycles. The average molecular weight is 185 g/mol. The third-order valence-electron chi connectivity index (χ3n) is 1.93. The number of rotatable bonds is 4. The zero-order valence-electron chi connectivity index (χ0n) is 7.76. The number of ether oxygens (including phenoxy) is 1. The minimum atomic E-state index is 0.471. The zero-order valence-corrected chi connectivity index (χ0v) is 8.57. The van der Waals surface area contributed by atoms with Gasteiger partial charge in [0.2, 0.25) is 0 Å². The van der Waals surface area contributed by atoms with E-state index in [2.05, 4.69) is 18.3 Å². The summed E-state index contributed by atoms with van der Waals surface area (Å²) in [6.07, 6.45) is 1.11. The summed E-state index contributed by atoms with van der Waals surface area (Å²) in [5.74, 6) is 0.962. The van der Waals surface area contributed by atoms with E-state index in [9.17, 15) is 0 Å². The minimum Gasteiger partial charge on any atom is -0.496 e. The molecule has 0 radical (unpaired) electrons. The van der Waals surface area contributed by atoms with Crippen molar-refractivity contribution in [3.8, 4) is 5.75 Å². The Labute approximate surface area is 77.6 Å². The SMILES string of the molecule is CCC(NC)c1cc(OC)cs1. The van der Waals surface area contributed by atoms with Crippen molar-refractivity contribution in [2.45, 2.75) is 19.4 Å². The van der Waals surface area contributed by atoms with Crippen LogP contribution in [0.15, 0.2) is 11.4 Å². The maximum atomic E-state index is 5.12. The Morgan fingerprint density at radius 3 is 2.83 bits per heavy atom. The molecular weight excluding hydrogens is 170 g/mol. The molecule has 0 saturated carbocycles. The largest absolute Gasteiger partial charge is 0.496 e. The van der Waals surface area contributed by atoms with Crippen LogP contribution in [0.3, 0.4) is 0 Å². The maximum Gasteiger partial charge on any atom is 0.129 e. The number of hydrogen-bond acceptors (Lipinski definition) is 3. The molecule has 12 heavy (non-hydrogen) atoms. The maximum absolute atomic E-state index is 5.12. The molecule has 0 aliphatic carbocycles. The fourth-order valence-corrected chi connectivity index (χ4v) is 2.22. The molecule has 0 fully saturated rings. The summed E-state index contributed by atoms with van der Waals surface area (Å²) in [5, 5.41) is 5.30. The highest BCUT2D eigenvalue weighted by atomic mass is 32.1. The molecule has 0 aliphatic rings. The predicted octanol–water partition coefficient (Wildman–Crippen LogP) is 2.43. The summed E-state index contributed by atoms with van der Waals surface area (Å²) in [6, 6.07) is 2.56. The van der Waals surface area contributed by atoms with Gasteiger partial charge in [-0.2, -0.15) is 0 Å². The van der Waals surface area contributed by atoms with E-state index in [0.717, 1.165) is 12.2 Å². The van der Waals surface area contributed by atoms with Crippen LogP contribution < -0.4 is 10.1 Å². The van der Waals surface area contributed by atoms with Gasteiger partial charge in [-0.3, -0.25) is 0 Å². The van der Waals surface area contributed by atoms with Crippen LogP contribution in [0.2, 0.25) is 0 Å². The highest BCUT2D eigenvalue weighted by Crippen LogP contribution is 2.27. The molecule has 0 aromatic carbocycles. The Bertz CT molecular complexity index is 230. The summed E-state index contributed by atoms with van der Waals surface area (Å²) in [4.78, 5) is 1.34. The lowest BCUT2D eigenvalue weighted by Crippen LogP contribution is -2.13. The molecule has 0 saturated heterocycles. The minimum absolute atomic E-state index is 0.471. The third-order valence-corrected chi connectivity index (χ3v) is 2.96. The van der Waals surface area contributed by atoms with Crippen LogP contribution in [-0.4, -0.2) is 14.2 Å². The van der Waals surface area contributed by atoms with Gasteiger partial charge in [0.25, 0.3) is 0 Å². The number of thiophene rings is 1. The highest BCUT2D eigenvalue weighted by Gasteiger charge is 2.08. The lowest BCUT2D eigenvalue weighted by Gasteiger charge is -2.10. The second-order valence-electron chi connectivity index (χ2n) is 2.64. The second-order valence-corrected chi connectivity index (χ2v) is 3.58. The Kier molecular flexibility index (Phi) is 3.56. The van der Waals surface area contributed by atoms with Gasteiger partial charge in [0.1, 0.15) is 5.75 Å². The average Bonchev–Trinajstić information content (AvgIpc) is 2.55. The molecular formula is C9H15NOS. The molecule has 1 heterocycles. The predicted molar refractivity (Wildman–Crippen MR) is 53.0 cm³/mol. The molecule has 1 atom stereocenters. The first kappa shape index (κ1) is 9.55. The number of hydrogen-bond donors (Lipinski definition) is 1. The molecule has 0 spiro atoms.